The average Bonchev–Trinajstić information content (AvgIpc) is 3.19. The van der Waals surface area contributed by atoms with Gasteiger partial charge in [0.1, 0.15) is 5.82 Å². The van der Waals surface area contributed by atoms with E-state index in [1.165, 1.54) is 35.2 Å². The van der Waals surface area contributed by atoms with Crippen molar-refractivity contribution in [3.63, 3.8) is 0 Å². The second-order valence-electron chi connectivity index (χ2n) is 6.18. The van der Waals surface area contributed by atoms with Gasteiger partial charge in [-0.3, -0.25) is 10.1 Å². The summed E-state index contributed by atoms with van der Waals surface area (Å²) in [5.41, 5.74) is 1.87. The third-order valence-electron chi connectivity index (χ3n) is 4.31. The Kier molecular flexibility index (Phi) is 3.93. The van der Waals surface area contributed by atoms with Crippen molar-refractivity contribution in [2.45, 2.75) is 4.90 Å². The second kappa shape index (κ2) is 6.26. The molecule has 0 aliphatic carbocycles. The Labute approximate surface area is 167 Å². The van der Waals surface area contributed by atoms with Gasteiger partial charge in [0, 0.05) is 17.0 Å². The van der Waals surface area contributed by atoms with E-state index < -0.39 is 10.0 Å². The lowest BCUT2D eigenvalue weighted by Crippen LogP contribution is -2.35. The second-order valence-corrected chi connectivity index (χ2v) is 9.98. The molecule has 0 unspecified atom stereocenters. The summed E-state index contributed by atoms with van der Waals surface area (Å²) in [4.78, 5) is 19.5. The van der Waals surface area contributed by atoms with Crippen molar-refractivity contribution in [1.82, 2.24) is 4.98 Å². The van der Waals surface area contributed by atoms with Gasteiger partial charge in [0.25, 0.3) is 15.9 Å². The number of hydrogen-bond acceptors (Lipinski definition) is 7. The number of amidine groups is 1. The number of anilines is 2. The number of halogens is 1. The highest BCUT2D eigenvalue weighted by atomic mass is 32.2. The van der Waals surface area contributed by atoms with Gasteiger partial charge in [-0.05, 0) is 48.2 Å². The number of benzene rings is 2. The van der Waals surface area contributed by atoms with Crippen LogP contribution in [0.5, 0.6) is 0 Å². The molecular weight excluding hydrogens is 423 g/mol. The standard InChI is InChI=1S/C17H11FN4O3S3/c18-10-2-3-11-13(8-10)26-16(19-11)20-15(23)9-1-4-12-14(7-9)27-17-21-28(24,25)6-5-22(12)17/h1-4,7-8H,5-6H2,(H,19,20,23). The monoisotopic (exact) mass is 434 g/mol. The summed E-state index contributed by atoms with van der Waals surface area (Å²) in [6, 6.07) is 9.42. The van der Waals surface area contributed by atoms with E-state index in [9.17, 15) is 17.6 Å². The van der Waals surface area contributed by atoms with Crippen LogP contribution in [0.25, 0.3) is 10.2 Å². The molecule has 0 bridgehead atoms. The molecule has 0 atom stereocenters. The van der Waals surface area contributed by atoms with Crippen LogP contribution in [-0.4, -0.2) is 36.8 Å². The normalized spacial score (nSPS) is 17.2. The van der Waals surface area contributed by atoms with Gasteiger partial charge in [-0.1, -0.05) is 11.3 Å². The van der Waals surface area contributed by atoms with E-state index in [2.05, 4.69) is 14.7 Å². The number of carbonyl (C=O) groups excluding carboxylic acids is 1. The van der Waals surface area contributed by atoms with Crippen LogP contribution in [0.2, 0.25) is 0 Å². The predicted octanol–water partition coefficient (Wildman–Crippen LogP) is 3.30. The Morgan fingerprint density at radius 1 is 1.21 bits per heavy atom. The van der Waals surface area contributed by atoms with E-state index in [-0.39, 0.29) is 17.5 Å². The number of fused-ring (bicyclic) bond motifs is 4. The lowest BCUT2D eigenvalue weighted by atomic mass is 10.2. The number of sulfonamides is 1. The third kappa shape index (κ3) is 3.05. The van der Waals surface area contributed by atoms with Crippen LogP contribution in [0.1, 0.15) is 10.4 Å². The first-order chi connectivity index (χ1) is 13.4. The Morgan fingerprint density at radius 3 is 2.93 bits per heavy atom. The number of rotatable bonds is 2. The molecule has 1 aromatic heterocycles. The van der Waals surface area contributed by atoms with Gasteiger partial charge < -0.3 is 4.90 Å². The molecule has 0 saturated heterocycles. The summed E-state index contributed by atoms with van der Waals surface area (Å²) in [5.74, 6) is -0.731. The fraction of sp³-hybridized carbons (Fsp3) is 0.118. The van der Waals surface area contributed by atoms with Crippen molar-refractivity contribution >= 4 is 65.2 Å². The van der Waals surface area contributed by atoms with Crippen LogP contribution < -0.4 is 10.2 Å². The number of amides is 1. The lowest BCUT2D eigenvalue weighted by molar-refractivity contribution is 0.102. The van der Waals surface area contributed by atoms with Crippen LogP contribution in [0.4, 0.5) is 15.2 Å². The first-order valence-corrected chi connectivity index (χ1v) is 11.4. The van der Waals surface area contributed by atoms with Crippen LogP contribution in [0, 0.1) is 5.82 Å². The molecule has 2 aliphatic heterocycles. The highest BCUT2D eigenvalue weighted by molar-refractivity contribution is 8.15. The summed E-state index contributed by atoms with van der Waals surface area (Å²) in [5, 5.41) is 3.52. The van der Waals surface area contributed by atoms with Crippen molar-refractivity contribution < 1.29 is 17.6 Å². The molecule has 2 aromatic carbocycles. The first kappa shape index (κ1) is 17.6. The molecule has 3 heterocycles. The Morgan fingerprint density at radius 2 is 2.07 bits per heavy atom. The number of nitrogens with one attached hydrogen (secondary N) is 1. The molecule has 0 spiro atoms. The van der Waals surface area contributed by atoms with Crippen LogP contribution >= 0.6 is 23.1 Å². The van der Waals surface area contributed by atoms with Gasteiger partial charge in [-0.25, -0.2) is 17.8 Å². The molecule has 1 amide bonds. The minimum absolute atomic E-state index is 0.0308. The maximum Gasteiger partial charge on any atom is 0.257 e. The Balaban J connectivity index is 1.41. The van der Waals surface area contributed by atoms with Crippen LogP contribution in [-0.2, 0) is 10.0 Å². The van der Waals surface area contributed by atoms with Gasteiger partial charge >= 0.3 is 0 Å². The summed E-state index contributed by atoms with van der Waals surface area (Å²) < 4.78 is 41.2. The van der Waals surface area contributed by atoms with Crippen molar-refractivity contribution in [2.24, 2.45) is 4.40 Å². The van der Waals surface area contributed by atoms with Crippen molar-refractivity contribution in [1.29, 1.82) is 0 Å². The molecule has 7 nitrogen and oxygen atoms in total. The average molecular weight is 434 g/mol. The molecule has 5 rings (SSSR count). The molecule has 28 heavy (non-hydrogen) atoms. The van der Waals surface area contributed by atoms with Crippen molar-refractivity contribution in [3.8, 4) is 0 Å². The molecule has 142 valence electrons. The maximum atomic E-state index is 13.3. The molecule has 11 heteroatoms. The zero-order chi connectivity index (χ0) is 19.5. The molecule has 0 saturated carbocycles. The minimum Gasteiger partial charge on any atom is -0.318 e. The van der Waals surface area contributed by atoms with Crippen LogP contribution in [0.15, 0.2) is 45.7 Å². The quantitative estimate of drug-likeness (QED) is 0.665. The molecule has 0 fully saturated rings. The molecule has 1 N–H and O–H groups in total. The zero-order valence-corrected chi connectivity index (χ0v) is 16.5. The summed E-state index contributed by atoms with van der Waals surface area (Å²) in [6.45, 7) is 0.342. The fourth-order valence-corrected chi connectivity index (χ4v) is 6.17. The SMILES string of the molecule is O=C(Nc1nc2ccc(F)cc2s1)c1ccc2c(c1)SC1=NS(=O)(=O)CCN12. The van der Waals surface area contributed by atoms with E-state index in [0.717, 1.165) is 10.6 Å². The molecule has 0 radical (unpaired) electrons. The number of nitrogens with zero attached hydrogens (tertiary/aromatic N) is 3. The van der Waals surface area contributed by atoms with Gasteiger partial charge in [0.2, 0.25) is 0 Å². The lowest BCUT2D eigenvalue weighted by Gasteiger charge is -2.22. The highest BCUT2D eigenvalue weighted by Crippen LogP contribution is 2.42. The van der Waals surface area contributed by atoms with Crippen molar-refractivity contribution in [3.05, 3.63) is 47.8 Å². The largest absolute Gasteiger partial charge is 0.318 e. The number of aromatic nitrogens is 1. The van der Waals surface area contributed by atoms with E-state index in [1.807, 2.05) is 4.90 Å². The molecule has 3 aromatic rings. The topological polar surface area (TPSA) is 91.7 Å². The number of hydrogen-bond donors (Lipinski definition) is 1. The summed E-state index contributed by atoms with van der Waals surface area (Å²) >= 11 is 2.42. The number of thiazole rings is 1. The van der Waals surface area contributed by atoms with Gasteiger partial charge in [-0.15, -0.1) is 4.40 Å². The zero-order valence-electron chi connectivity index (χ0n) is 14.0. The predicted molar refractivity (Wildman–Crippen MR) is 108 cm³/mol. The maximum absolute atomic E-state index is 13.3. The highest BCUT2D eigenvalue weighted by Gasteiger charge is 2.33. The van der Waals surface area contributed by atoms with Crippen molar-refractivity contribution in [2.75, 3.05) is 22.5 Å². The van der Waals surface area contributed by atoms with Gasteiger partial charge in [-0.2, -0.15) is 0 Å². The Bertz CT molecular complexity index is 1290. The van der Waals surface area contributed by atoms with E-state index in [0.29, 0.717) is 32.6 Å². The van der Waals surface area contributed by atoms with E-state index in [4.69, 9.17) is 0 Å². The molecule has 2 aliphatic rings. The smallest absolute Gasteiger partial charge is 0.257 e. The summed E-state index contributed by atoms with van der Waals surface area (Å²) in [7, 11) is -3.43. The third-order valence-corrected chi connectivity index (χ3v) is 7.55. The summed E-state index contributed by atoms with van der Waals surface area (Å²) in [6.07, 6.45) is 0. The molecular formula is C17H11FN4O3S3. The fourth-order valence-electron chi connectivity index (χ4n) is 2.99. The number of thioether (sulfide) groups is 1. The van der Waals surface area contributed by atoms with Gasteiger partial charge in [0.05, 0.1) is 21.7 Å². The van der Waals surface area contributed by atoms with Crippen LogP contribution in [0.3, 0.4) is 0 Å². The first-order valence-electron chi connectivity index (χ1n) is 8.17. The Hall–Kier alpha value is -2.50. The van der Waals surface area contributed by atoms with E-state index in [1.54, 1.807) is 24.3 Å². The van der Waals surface area contributed by atoms with E-state index >= 15 is 0 Å². The minimum atomic E-state index is -3.43. The van der Waals surface area contributed by atoms with Gasteiger partial charge in [0.15, 0.2) is 10.3 Å². The number of carbonyl (C=O) groups is 1.